The third kappa shape index (κ3) is 5.31. The van der Waals surface area contributed by atoms with Gasteiger partial charge in [-0.15, -0.1) is 0 Å². The van der Waals surface area contributed by atoms with Crippen molar-refractivity contribution in [3.05, 3.63) is 18.0 Å². The molecule has 0 radical (unpaired) electrons. The summed E-state index contributed by atoms with van der Waals surface area (Å²) in [4.78, 5) is 0. The van der Waals surface area contributed by atoms with Crippen LogP contribution in [0, 0.1) is 0 Å². The molecular formula is C13H25N3. The number of hydrogen-bond acceptors (Lipinski definition) is 2. The first-order chi connectivity index (χ1) is 7.72. The van der Waals surface area contributed by atoms with E-state index in [1.54, 1.807) is 0 Å². The smallest absolute Gasteiger partial charge is 0.0521 e. The fourth-order valence-electron chi connectivity index (χ4n) is 1.85. The lowest BCUT2D eigenvalue weighted by atomic mass is 10.1. The summed E-state index contributed by atoms with van der Waals surface area (Å²) in [6, 6.07) is 0.661. The summed E-state index contributed by atoms with van der Waals surface area (Å²) in [7, 11) is 1.97. The fourth-order valence-corrected chi connectivity index (χ4v) is 1.85. The highest BCUT2D eigenvalue weighted by molar-refractivity contribution is 5.03. The van der Waals surface area contributed by atoms with E-state index >= 15 is 0 Å². The number of nitrogens with zero attached hydrogens (tertiary/aromatic N) is 2. The van der Waals surface area contributed by atoms with E-state index in [-0.39, 0.29) is 0 Å². The summed E-state index contributed by atoms with van der Waals surface area (Å²) >= 11 is 0. The standard InChI is InChI=1S/C13H25N3/c1-4-5-7-12(2)14-9-6-8-13-10-15-16(3)11-13/h10-12,14H,4-9H2,1-3H3. The SMILES string of the molecule is CCCCC(C)NCCCc1cnn(C)c1. The van der Waals surface area contributed by atoms with Crippen LogP contribution in [-0.4, -0.2) is 22.4 Å². The van der Waals surface area contributed by atoms with Crippen molar-refractivity contribution in [1.82, 2.24) is 15.1 Å². The molecule has 1 aromatic heterocycles. The van der Waals surface area contributed by atoms with E-state index in [1.165, 1.54) is 31.2 Å². The van der Waals surface area contributed by atoms with E-state index in [0.717, 1.165) is 13.0 Å². The molecule has 0 aliphatic rings. The Balaban J connectivity index is 2.03. The lowest BCUT2D eigenvalue weighted by Crippen LogP contribution is -2.27. The van der Waals surface area contributed by atoms with Gasteiger partial charge in [-0.1, -0.05) is 19.8 Å². The topological polar surface area (TPSA) is 29.9 Å². The second-order valence-electron chi connectivity index (χ2n) is 4.62. The maximum absolute atomic E-state index is 4.17. The molecule has 0 aliphatic carbocycles. The number of aromatic nitrogens is 2. The molecule has 1 rings (SSSR count). The first-order valence-corrected chi connectivity index (χ1v) is 6.43. The summed E-state index contributed by atoms with van der Waals surface area (Å²) in [5, 5.41) is 7.73. The fraction of sp³-hybridized carbons (Fsp3) is 0.769. The van der Waals surface area contributed by atoms with Gasteiger partial charge in [-0.2, -0.15) is 5.10 Å². The van der Waals surface area contributed by atoms with Crippen molar-refractivity contribution in [2.45, 2.75) is 52.0 Å². The van der Waals surface area contributed by atoms with Crippen molar-refractivity contribution < 1.29 is 0 Å². The van der Waals surface area contributed by atoms with Crippen LogP contribution >= 0.6 is 0 Å². The van der Waals surface area contributed by atoms with Gasteiger partial charge >= 0.3 is 0 Å². The molecule has 1 N–H and O–H groups in total. The van der Waals surface area contributed by atoms with Crippen LogP contribution in [0.3, 0.4) is 0 Å². The van der Waals surface area contributed by atoms with Gasteiger partial charge in [0, 0.05) is 19.3 Å². The van der Waals surface area contributed by atoms with Crippen LogP contribution < -0.4 is 5.32 Å². The summed E-state index contributed by atoms with van der Waals surface area (Å²) in [6.07, 6.45) is 10.3. The van der Waals surface area contributed by atoms with Gasteiger partial charge in [0.2, 0.25) is 0 Å². The zero-order valence-corrected chi connectivity index (χ0v) is 10.9. The van der Waals surface area contributed by atoms with Crippen LogP contribution in [0.15, 0.2) is 12.4 Å². The van der Waals surface area contributed by atoms with Crippen LogP contribution in [0.5, 0.6) is 0 Å². The van der Waals surface area contributed by atoms with Crippen molar-refractivity contribution in [2.75, 3.05) is 6.54 Å². The monoisotopic (exact) mass is 223 g/mol. The molecule has 16 heavy (non-hydrogen) atoms. The van der Waals surface area contributed by atoms with Crippen molar-refractivity contribution in [3.8, 4) is 0 Å². The molecule has 1 aromatic rings. The highest BCUT2D eigenvalue weighted by Gasteiger charge is 2.00. The zero-order valence-electron chi connectivity index (χ0n) is 10.9. The minimum atomic E-state index is 0.661. The number of rotatable bonds is 8. The molecule has 0 aliphatic heterocycles. The molecule has 0 spiro atoms. The molecule has 1 unspecified atom stereocenters. The molecule has 0 fully saturated rings. The van der Waals surface area contributed by atoms with Gasteiger partial charge < -0.3 is 5.32 Å². The maximum atomic E-state index is 4.17. The van der Waals surface area contributed by atoms with Crippen molar-refractivity contribution >= 4 is 0 Å². The summed E-state index contributed by atoms with van der Waals surface area (Å²) in [5.74, 6) is 0. The van der Waals surface area contributed by atoms with Crippen LogP contribution in [0.1, 0.15) is 45.1 Å². The molecule has 1 heterocycles. The van der Waals surface area contributed by atoms with Gasteiger partial charge in [-0.25, -0.2) is 0 Å². The Hall–Kier alpha value is -0.830. The van der Waals surface area contributed by atoms with E-state index in [1.807, 2.05) is 17.9 Å². The number of aryl methyl sites for hydroxylation is 2. The zero-order chi connectivity index (χ0) is 11.8. The van der Waals surface area contributed by atoms with Crippen molar-refractivity contribution in [3.63, 3.8) is 0 Å². The lowest BCUT2D eigenvalue weighted by Gasteiger charge is -2.12. The van der Waals surface area contributed by atoms with Gasteiger partial charge in [0.05, 0.1) is 6.20 Å². The molecule has 1 atom stereocenters. The van der Waals surface area contributed by atoms with Crippen LogP contribution in [0.4, 0.5) is 0 Å². The Kier molecular flexibility index (Phi) is 6.16. The first-order valence-electron chi connectivity index (χ1n) is 6.43. The average molecular weight is 223 g/mol. The predicted octanol–water partition coefficient (Wildman–Crippen LogP) is 2.52. The quantitative estimate of drug-likeness (QED) is 0.686. The van der Waals surface area contributed by atoms with Gasteiger partial charge in [-0.3, -0.25) is 4.68 Å². The molecule has 0 bridgehead atoms. The summed E-state index contributed by atoms with van der Waals surface area (Å²) < 4.78 is 1.87. The molecule has 92 valence electrons. The lowest BCUT2D eigenvalue weighted by molar-refractivity contribution is 0.489. The largest absolute Gasteiger partial charge is 0.314 e. The maximum Gasteiger partial charge on any atom is 0.0521 e. The van der Waals surface area contributed by atoms with Crippen molar-refractivity contribution in [1.29, 1.82) is 0 Å². The third-order valence-electron chi connectivity index (χ3n) is 2.88. The van der Waals surface area contributed by atoms with E-state index in [2.05, 4.69) is 30.5 Å². The van der Waals surface area contributed by atoms with E-state index in [0.29, 0.717) is 6.04 Å². The van der Waals surface area contributed by atoms with Gasteiger partial charge in [0.15, 0.2) is 0 Å². The summed E-state index contributed by atoms with van der Waals surface area (Å²) in [5.41, 5.74) is 1.34. The van der Waals surface area contributed by atoms with E-state index in [4.69, 9.17) is 0 Å². The van der Waals surface area contributed by atoms with Crippen LogP contribution in [-0.2, 0) is 13.5 Å². The Labute approximate surface area is 99.2 Å². The molecule has 0 aromatic carbocycles. The minimum absolute atomic E-state index is 0.661. The van der Waals surface area contributed by atoms with Gasteiger partial charge in [0.1, 0.15) is 0 Å². The Morgan fingerprint density at radius 3 is 2.88 bits per heavy atom. The van der Waals surface area contributed by atoms with E-state index < -0.39 is 0 Å². The second kappa shape index (κ2) is 7.44. The summed E-state index contributed by atoms with van der Waals surface area (Å²) in [6.45, 7) is 5.63. The Bertz CT molecular complexity index is 280. The normalized spacial score (nSPS) is 12.9. The second-order valence-corrected chi connectivity index (χ2v) is 4.62. The number of nitrogens with one attached hydrogen (secondary N) is 1. The molecule has 0 saturated heterocycles. The highest BCUT2D eigenvalue weighted by Crippen LogP contribution is 2.02. The average Bonchev–Trinajstić information content (AvgIpc) is 2.67. The number of unbranched alkanes of at least 4 members (excludes halogenated alkanes) is 1. The Morgan fingerprint density at radius 1 is 1.44 bits per heavy atom. The Morgan fingerprint density at radius 2 is 2.25 bits per heavy atom. The molecular weight excluding hydrogens is 198 g/mol. The number of hydrogen-bond donors (Lipinski definition) is 1. The third-order valence-corrected chi connectivity index (χ3v) is 2.88. The molecule has 0 saturated carbocycles. The first kappa shape index (κ1) is 13.2. The molecule has 3 heteroatoms. The predicted molar refractivity (Wildman–Crippen MR) is 68.5 cm³/mol. The molecule has 0 amide bonds. The van der Waals surface area contributed by atoms with Crippen LogP contribution in [0.2, 0.25) is 0 Å². The van der Waals surface area contributed by atoms with Gasteiger partial charge in [0.25, 0.3) is 0 Å². The van der Waals surface area contributed by atoms with Gasteiger partial charge in [-0.05, 0) is 38.3 Å². The molecule has 3 nitrogen and oxygen atoms in total. The highest BCUT2D eigenvalue weighted by atomic mass is 15.2. The van der Waals surface area contributed by atoms with Crippen molar-refractivity contribution in [2.24, 2.45) is 7.05 Å². The van der Waals surface area contributed by atoms with Crippen LogP contribution in [0.25, 0.3) is 0 Å². The van der Waals surface area contributed by atoms with E-state index in [9.17, 15) is 0 Å². The minimum Gasteiger partial charge on any atom is -0.314 e.